The molecule has 0 aliphatic heterocycles. The number of aromatic nitrogens is 4. The molecule has 3 aromatic rings. The van der Waals surface area contributed by atoms with Crippen molar-refractivity contribution in [3.8, 4) is 11.4 Å². The zero-order valence-electron chi connectivity index (χ0n) is 12.4. The number of methoxy groups -OCH3 is 1. The number of tetrazole rings is 1. The van der Waals surface area contributed by atoms with E-state index in [1.165, 1.54) is 7.11 Å². The monoisotopic (exact) mass is 309 g/mol. The highest BCUT2D eigenvalue weighted by molar-refractivity contribution is 5.95. The number of hydrogen-bond donors (Lipinski definition) is 2. The maximum Gasteiger partial charge on any atom is 0.258 e. The van der Waals surface area contributed by atoms with Crippen molar-refractivity contribution in [1.82, 2.24) is 20.6 Å². The molecule has 0 saturated heterocycles. The standard InChI is InChI=1S/C16H15N5O2/c1-23-14(11-5-3-2-4-6-11)16(22)17-13-9-7-12(8-10-13)15-18-20-21-19-15/h2-10,14H,1H3,(H,17,22)(H,18,19,20,21)/t14-/m1/s1. The van der Waals surface area contributed by atoms with Crippen LogP contribution in [-0.2, 0) is 9.53 Å². The summed E-state index contributed by atoms with van der Waals surface area (Å²) in [6.45, 7) is 0. The first-order valence-electron chi connectivity index (χ1n) is 7.00. The molecule has 1 heterocycles. The number of H-pyrrole nitrogens is 1. The van der Waals surface area contributed by atoms with Crippen LogP contribution in [0, 0.1) is 0 Å². The molecule has 0 aliphatic rings. The van der Waals surface area contributed by atoms with Crippen molar-refractivity contribution in [2.75, 3.05) is 12.4 Å². The molecule has 0 unspecified atom stereocenters. The van der Waals surface area contributed by atoms with Gasteiger partial charge in [-0.1, -0.05) is 30.3 Å². The molecule has 0 radical (unpaired) electrons. The molecule has 0 spiro atoms. The Balaban J connectivity index is 1.72. The zero-order valence-corrected chi connectivity index (χ0v) is 12.4. The van der Waals surface area contributed by atoms with Crippen molar-refractivity contribution >= 4 is 11.6 Å². The molecule has 0 bridgehead atoms. The van der Waals surface area contributed by atoms with Gasteiger partial charge in [-0.05, 0) is 35.0 Å². The number of carbonyl (C=O) groups excluding carboxylic acids is 1. The fraction of sp³-hybridized carbons (Fsp3) is 0.125. The minimum Gasteiger partial charge on any atom is -0.367 e. The summed E-state index contributed by atoms with van der Waals surface area (Å²) in [5, 5.41) is 16.6. The van der Waals surface area contributed by atoms with Gasteiger partial charge in [0.1, 0.15) is 0 Å². The summed E-state index contributed by atoms with van der Waals surface area (Å²) in [4.78, 5) is 12.4. The maximum atomic E-state index is 12.4. The Bertz CT molecular complexity index is 757. The fourth-order valence-corrected chi connectivity index (χ4v) is 2.22. The second kappa shape index (κ2) is 6.80. The highest BCUT2D eigenvalue weighted by Crippen LogP contribution is 2.21. The van der Waals surface area contributed by atoms with Gasteiger partial charge in [0, 0.05) is 18.4 Å². The number of ether oxygens (including phenoxy) is 1. The maximum absolute atomic E-state index is 12.4. The molecule has 0 aliphatic carbocycles. The van der Waals surface area contributed by atoms with Crippen LogP contribution in [0.25, 0.3) is 11.4 Å². The Morgan fingerprint density at radius 2 is 1.87 bits per heavy atom. The quantitative estimate of drug-likeness (QED) is 0.753. The van der Waals surface area contributed by atoms with Crippen LogP contribution in [-0.4, -0.2) is 33.6 Å². The van der Waals surface area contributed by atoms with Crippen molar-refractivity contribution in [1.29, 1.82) is 0 Å². The van der Waals surface area contributed by atoms with Gasteiger partial charge in [0.2, 0.25) is 5.82 Å². The van der Waals surface area contributed by atoms with Gasteiger partial charge in [-0.15, -0.1) is 10.2 Å². The molecule has 7 nitrogen and oxygen atoms in total. The van der Waals surface area contributed by atoms with Crippen molar-refractivity contribution in [3.05, 3.63) is 60.2 Å². The van der Waals surface area contributed by atoms with E-state index in [9.17, 15) is 4.79 Å². The molecule has 2 N–H and O–H groups in total. The Kier molecular flexibility index (Phi) is 4.39. The lowest BCUT2D eigenvalue weighted by atomic mass is 10.1. The van der Waals surface area contributed by atoms with Crippen LogP contribution in [0.5, 0.6) is 0 Å². The molecule has 116 valence electrons. The molecule has 7 heteroatoms. The van der Waals surface area contributed by atoms with E-state index in [0.717, 1.165) is 11.1 Å². The van der Waals surface area contributed by atoms with E-state index in [2.05, 4.69) is 25.9 Å². The smallest absolute Gasteiger partial charge is 0.258 e. The number of rotatable bonds is 5. The van der Waals surface area contributed by atoms with Crippen molar-refractivity contribution < 1.29 is 9.53 Å². The normalized spacial score (nSPS) is 11.9. The number of nitrogens with one attached hydrogen (secondary N) is 2. The summed E-state index contributed by atoms with van der Waals surface area (Å²) in [6, 6.07) is 16.5. The summed E-state index contributed by atoms with van der Waals surface area (Å²) < 4.78 is 5.31. The van der Waals surface area contributed by atoms with Gasteiger partial charge in [-0.2, -0.15) is 5.21 Å². The average molecular weight is 309 g/mol. The highest BCUT2D eigenvalue weighted by Gasteiger charge is 2.19. The highest BCUT2D eigenvalue weighted by atomic mass is 16.5. The molecular formula is C16H15N5O2. The lowest BCUT2D eigenvalue weighted by Crippen LogP contribution is -2.22. The lowest BCUT2D eigenvalue weighted by molar-refractivity contribution is -0.126. The van der Waals surface area contributed by atoms with E-state index in [-0.39, 0.29) is 5.91 Å². The van der Waals surface area contributed by atoms with E-state index in [4.69, 9.17) is 4.74 Å². The van der Waals surface area contributed by atoms with Gasteiger partial charge in [0.15, 0.2) is 6.10 Å². The predicted octanol–water partition coefficient (Wildman–Crippen LogP) is 2.19. The first-order valence-corrected chi connectivity index (χ1v) is 7.00. The number of hydrogen-bond acceptors (Lipinski definition) is 5. The summed E-state index contributed by atoms with van der Waals surface area (Å²) in [5.74, 6) is 0.271. The average Bonchev–Trinajstić information content (AvgIpc) is 3.12. The van der Waals surface area contributed by atoms with E-state index in [1.54, 1.807) is 12.1 Å². The summed E-state index contributed by atoms with van der Waals surface area (Å²) in [6.07, 6.45) is -0.659. The number of benzene rings is 2. The first-order chi connectivity index (χ1) is 11.3. The number of aromatic amines is 1. The summed E-state index contributed by atoms with van der Waals surface area (Å²) >= 11 is 0. The largest absolute Gasteiger partial charge is 0.367 e. The minimum atomic E-state index is -0.659. The van der Waals surface area contributed by atoms with Gasteiger partial charge in [0.05, 0.1) is 0 Å². The van der Waals surface area contributed by atoms with Crippen LogP contribution < -0.4 is 5.32 Å². The number of carbonyl (C=O) groups is 1. The molecule has 23 heavy (non-hydrogen) atoms. The van der Waals surface area contributed by atoms with Crippen LogP contribution in [0.1, 0.15) is 11.7 Å². The topological polar surface area (TPSA) is 92.8 Å². The van der Waals surface area contributed by atoms with E-state index >= 15 is 0 Å². The summed E-state index contributed by atoms with van der Waals surface area (Å²) in [5.41, 5.74) is 2.28. The Labute approximate surface area is 132 Å². The van der Waals surface area contributed by atoms with Crippen LogP contribution in [0.15, 0.2) is 54.6 Å². The third-order valence-electron chi connectivity index (χ3n) is 3.33. The fourth-order valence-electron chi connectivity index (χ4n) is 2.22. The van der Waals surface area contributed by atoms with Crippen LogP contribution in [0.3, 0.4) is 0 Å². The second-order valence-electron chi connectivity index (χ2n) is 4.83. The molecular weight excluding hydrogens is 294 g/mol. The van der Waals surface area contributed by atoms with Crippen molar-refractivity contribution in [3.63, 3.8) is 0 Å². The second-order valence-corrected chi connectivity index (χ2v) is 4.83. The molecule has 1 atom stereocenters. The van der Waals surface area contributed by atoms with Crippen LogP contribution in [0.2, 0.25) is 0 Å². The molecule has 0 fully saturated rings. The summed E-state index contributed by atoms with van der Waals surface area (Å²) in [7, 11) is 1.51. The van der Waals surface area contributed by atoms with E-state index < -0.39 is 6.10 Å². The molecule has 3 rings (SSSR count). The third-order valence-corrected chi connectivity index (χ3v) is 3.33. The number of anilines is 1. The SMILES string of the molecule is CO[C@@H](C(=O)Nc1ccc(-c2nn[nH]n2)cc1)c1ccccc1. The minimum absolute atomic E-state index is 0.231. The van der Waals surface area contributed by atoms with Gasteiger partial charge in [0.25, 0.3) is 5.91 Å². The van der Waals surface area contributed by atoms with Crippen LogP contribution in [0.4, 0.5) is 5.69 Å². The predicted molar refractivity (Wildman–Crippen MR) is 84.4 cm³/mol. The van der Waals surface area contributed by atoms with E-state index in [0.29, 0.717) is 11.5 Å². The number of nitrogens with zero attached hydrogens (tertiary/aromatic N) is 3. The zero-order chi connectivity index (χ0) is 16.1. The van der Waals surface area contributed by atoms with Gasteiger partial charge in [-0.3, -0.25) is 4.79 Å². The molecule has 2 aromatic carbocycles. The van der Waals surface area contributed by atoms with Gasteiger partial charge >= 0.3 is 0 Å². The molecule has 1 aromatic heterocycles. The Hall–Kier alpha value is -3.06. The van der Waals surface area contributed by atoms with Crippen LogP contribution >= 0.6 is 0 Å². The molecule has 1 amide bonds. The first kappa shape index (κ1) is 14.9. The lowest BCUT2D eigenvalue weighted by Gasteiger charge is -2.15. The number of amides is 1. The van der Waals surface area contributed by atoms with Crippen molar-refractivity contribution in [2.45, 2.75) is 6.10 Å². The Morgan fingerprint density at radius 3 is 2.48 bits per heavy atom. The van der Waals surface area contributed by atoms with Crippen molar-refractivity contribution in [2.24, 2.45) is 0 Å². The van der Waals surface area contributed by atoms with E-state index in [1.807, 2.05) is 42.5 Å². The third kappa shape index (κ3) is 3.41. The Morgan fingerprint density at radius 1 is 1.13 bits per heavy atom. The molecule has 0 saturated carbocycles. The van der Waals surface area contributed by atoms with Gasteiger partial charge in [-0.25, -0.2) is 0 Å². The van der Waals surface area contributed by atoms with Gasteiger partial charge < -0.3 is 10.1 Å².